The molecule has 0 aliphatic rings. The highest BCUT2D eigenvalue weighted by molar-refractivity contribution is 9.10. The first-order valence-electron chi connectivity index (χ1n) is 10.9. The maximum absolute atomic E-state index is 6.63. The van der Waals surface area contributed by atoms with Gasteiger partial charge in [-0.1, -0.05) is 100.0 Å². The van der Waals surface area contributed by atoms with Crippen molar-refractivity contribution in [1.29, 1.82) is 0 Å². The summed E-state index contributed by atoms with van der Waals surface area (Å²) in [4.78, 5) is 4.59. The van der Waals surface area contributed by atoms with Gasteiger partial charge >= 0.3 is 0 Å². The van der Waals surface area contributed by atoms with E-state index in [2.05, 4.69) is 112 Å². The molecule has 0 radical (unpaired) electrons. The molecule has 0 aliphatic carbocycles. The van der Waals surface area contributed by atoms with E-state index in [1.165, 1.54) is 4.90 Å². The summed E-state index contributed by atoms with van der Waals surface area (Å²) in [6, 6.07) is 44.0. The van der Waals surface area contributed by atoms with Crippen LogP contribution in [0.4, 0.5) is 17.1 Å². The molecular weight excluding hydrogens is 522 g/mol. The third kappa shape index (κ3) is 5.23. The number of hydrogen-bond acceptors (Lipinski definition) is 2. The maximum atomic E-state index is 6.63. The van der Waals surface area contributed by atoms with Gasteiger partial charge in [0.05, 0.1) is 0 Å². The summed E-state index contributed by atoms with van der Waals surface area (Å²) in [6.07, 6.45) is 0. The van der Waals surface area contributed by atoms with Gasteiger partial charge in [-0.3, -0.25) is 0 Å². The fourth-order valence-electron chi connectivity index (χ4n) is 3.89. The Morgan fingerprint density at radius 3 is 1.85 bits per heavy atom. The molecule has 5 aromatic carbocycles. The Labute approximate surface area is 218 Å². The Balaban J connectivity index is 1.69. The van der Waals surface area contributed by atoms with Crippen LogP contribution in [0.2, 0.25) is 5.02 Å². The predicted molar refractivity (Wildman–Crippen MR) is 150 cm³/mol. The van der Waals surface area contributed by atoms with Crippen molar-refractivity contribution < 1.29 is 0 Å². The lowest BCUT2D eigenvalue weighted by atomic mass is 10.0. The Morgan fingerprint density at radius 1 is 0.559 bits per heavy atom. The molecule has 4 heteroatoms. The highest BCUT2D eigenvalue weighted by Crippen LogP contribution is 2.41. The van der Waals surface area contributed by atoms with E-state index >= 15 is 0 Å². The highest BCUT2D eigenvalue weighted by Gasteiger charge is 2.16. The number of benzene rings is 5. The SMILES string of the molecule is Clc1ccccc1-c1cc(Sc2cccc(Br)c2)cc(N(c2ccccc2)c2ccccc2)c1. The first-order chi connectivity index (χ1) is 16.7. The third-order valence-corrected chi connectivity index (χ3v) is 7.18. The highest BCUT2D eigenvalue weighted by atomic mass is 79.9. The number of nitrogens with zero attached hydrogens (tertiary/aromatic N) is 1. The van der Waals surface area contributed by atoms with Crippen LogP contribution in [0.3, 0.4) is 0 Å². The van der Waals surface area contributed by atoms with E-state index in [9.17, 15) is 0 Å². The Bertz CT molecular complexity index is 1370. The largest absolute Gasteiger partial charge is 0.310 e. The topological polar surface area (TPSA) is 3.24 Å². The fraction of sp³-hybridized carbons (Fsp3) is 0. The van der Waals surface area contributed by atoms with Crippen LogP contribution < -0.4 is 4.90 Å². The number of rotatable bonds is 6. The minimum absolute atomic E-state index is 0.740. The van der Waals surface area contributed by atoms with Crippen LogP contribution in [0.15, 0.2) is 142 Å². The normalized spacial score (nSPS) is 10.8. The van der Waals surface area contributed by atoms with Gasteiger partial charge < -0.3 is 4.90 Å². The standard InChI is InChI=1S/C30H21BrClNS/c31-23-10-9-15-27(20-23)34-28-19-22(29-16-7-8-17-30(29)32)18-26(21-28)33(24-11-3-1-4-12-24)25-13-5-2-6-14-25/h1-21H. The van der Waals surface area contributed by atoms with Crippen molar-refractivity contribution in [1.82, 2.24) is 0 Å². The summed E-state index contributed by atoms with van der Waals surface area (Å²) in [5, 5.41) is 0.740. The zero-order valence-corrected chi connectivity index (χ0v) is 21.4. The zero-order valence-electron chi connectivity index (χ0n) is 18.2. The van der Waals surface area contributed by atoms with Gasteiger partial charge in [0, 0.05) is 41.9 Å². The summed E-state index contributed by atoms with van der Waals surface area (Å²) in [7, 11) is 0. The summed E-state index contributed by atoms with van der Waals surface area (Å²) in [5.74, 6) is 0. The first-order valence-corrected chi connectivity index (χ1v) is 12.9. The van der Waals surface area contributed by atoms with Gasteiger partial charge in [0.2, 0.25) is 0 Å². The molecule has 0 aliphatic heterocycles. The lowest BCUT2D eigenvalue weighted by Gasteiger charge is -2.26. The van der Waals surface area contributed by atoms with Crippen molar-refractivity contribution >= 4 is 56.4 Å². The Kier molecular flexibility index (Phi) is 7.05. The van der Waals surface area contributed by atoms with Crippen LogP contribution in [-0.4, -0.2) is 0 Å². The second kappa shape index (κ2) is 10.5. The second-order valence-corrected chi connectivity index (χ2v) is 10.2. The molecule has 0 amide bonds. The van der Waals surface area contributed by atoms with Crippen molar-refractivity contribution in [2.75, 3.05) is 4.90 Å². The average Bonchev–Trinajstić information content (AvgIpc) is 2.86. The van der Waals surface area contributed by atoms with E-state index < -0.39 is 0 Å². The van der Waals surface area contributed by atoms with Crippen molar-refractivity contribution in [3.05, 3.63) is 137 Å². The minimum Gasteiger partial charge on any atom is -0.310 e. The van der Waals surface area contributed by atoms with Crippen molar-refractivity contribution in [3.8, 4) is 11.1 Å². The Hall–Kier alpha value is -2.98. The van der Waals surface area contributed by atoms with E-state index in [1.54, 1.807) is 11.8 Å². The molecule has 0 fully saturated rings. The van der Waals surface area contributed by atoms with Gasteiger partial charge in [-0.15, -0.1) is 0 Å². The smallest absolute Gasteiger partial charge is 0.0484 e. The molecule has 0 aromatic heterocycles. The zero-order chi connectivity index (χ0) is 23.3. The predicted octanol–water partition coefficient (Wildman–Crippen LogP) is 10.4. The van der Waals surface area contributed by atoms with Crippen molar-refractivity contribution in [2.45, 2.75) is 9.79 Å². The summed E-state index contributed by atoms with van der Waals surface area (Å²) in [5.41, 5.74) is 5.37. The monoisotopic (exact) mass is 541 g/mol. The Morgan fingerprint density at radius 2 is 1.21 bits per heavy atom. The van der Waals surface area contributed by atoms with Crippen LogP contribution in [0.1, 0.15) is 0 Å². The minimum atomic E-state index is 0.740. The van der Waals surface area contributed by atoms with Crippen LogP contribution in [0.25, 0.3) is 11.1 Å². The quantitative estimate of drug-likeness (QED) is 0.210. The molecule has 0 bridgehead atoms. The van der Waals surface area contributed by atoms with E-state index in [4.69, 9.17) is 11.6 Å². The van der Waals surface area contributed by atoms with Gasteiger partial charge in [0.1, 0.15) is 0 Å². The van der Waals surface area contributed by atoms with Gasteiger partial charge in [-0.2, -0.15) is 0 Å². The van der Waals surface area contributed by atoms with Gasteiger partial charge in [-0.25, -0.2) is 0 Å². The van der Waals surface area contributed by atoms with Crippen LogP contribution in [0, 0.1) is 0 Å². The molecule has 0 spiro atoms. The summed E-state index contributed by atoms with van der Waals surface area (Å²) in [6.45, 7) is 0. The van der Waals surface area contributed by atoms with Crippen LogP contribution in [-0.2, 0) is 0 Å². The van der Waals surface area contributed by atoms with E-state index in [0.717, 1.165) is 42.6 Å². The van der Waals surface area contributed by atoms with Crippen LogP contribution >= 0.6 is 39.3 Å². The molecule has 0 N–H and O–H groups in total. The van der Waals surface area contributed by atoms with Gasteiger partial charge in [-0.05, 0) is 72.3 Å². The van der Waals surface area contributed by atoms with Gasteiger partial charge in [0.15, 0.2) is 0 Å². The molecule has 0 atom stereocenters. The molecule has 0 heterocycles. The van der Waals surface area contributed by atoms with E-state index in [-0.39, 0.29) is 0 Å². The number of halogens is 2. The first kappa shape index (κ1) is 22.8. The fourth-order valence-corrected chi connectivity index (χ4v) is 5.66. The summed E-state index contributed by atoms with van der Waals surface area (Å²) < 4.78 is 1.06. The molecule has 34 heavy (non-hydrogen) atoms. The average molecular weight is 543 g/mol. The molecule has 166 valence electrons. The van der Waals surface area contributed by atoms with Gasteiger partial charge in [0.25, 0.3) is 0 Å². The molecule has 0 saturated heterocycles. The van der Waals surface area contributed by atoms with E-state index in [0.29, 0.717) is 0 Å². The molecule has 5 rings (SSSR count). The third-order valence-electron chi connectivity index (χ3n) is 5.39. The molecular formula is C30H21BrClNS. The van der Waals surface area contributed by atoms with Crippen molar-refractivity contribution in [2.24, 2.45) is 0 Å². The molecule has 1 nitrogen and oxygen atoms in total. The number of hydrogen-bond donors (Lipinski definition) is 0. The van der Waals surface area contributed by atoms with Crippen molar-refractivity contribution in [3.63, 3.8) is 0 Å². The number of para-hydroxylation sites is 2. The lowest BCUT2D eigenvalue weighted by Crippen LogP contribution is -2.10. The summed E-state index contributed by atoms with van der Waals surface area (Å²) >= 11 is 12.0. The lowest BCUT2D eigenvalue weighted by molar-refractivity contribution is 1.26. The van der Waals surface area contributed by atoms with E-state index in [1.807, 2.05) is 36.4 Å². The second-order valence-electron chi connectivity index (χ2n) is 7.76. The maximum Gasteiger partial charge on any atom is 0.0484 e. The molecule has 5 aromatic rings. The molecule has 0 unspecified atom stereocenters. The van der Waals surface area contributed by atoms with Crippen LogP contribution in [0.5, 0.6) is 0 Å². The molecule has 0 saturated carbocycles. The number of anilines is 3.